The fraction of sp³-hybridized carbons (Fsp3) is 0.571. The Morgan fingerprint density at radius 3 is 2.32 bits per heavy atom. The highest BCUT2D eigenvalue weighted by Crippen LogP contribution is 2.32. The summed E-state index contributed by atoms with van der Waals surface area (Å²) in [5, 5.41) is 5.60. The van der Waals surface area contributed by atoms with Gasteiger partial charge in [-0.2, -0.15) is 0 Å². The summed E-state index contributed by atoms with van der Waals surface area (Å²) in [7, 11) is 3.49. The van der Waals surface area contributed by atoms with Crippen LogP contribution in [0.5, 0.6) is 0 Å². The van der Waals surface area contributed by atoms with E-state index in [1.54, 1.807) is 19.2 Å². The van der Waals surface area contributed by atoms with E-state index in [0.717, 1.165) is 44.1 Å². The predicted molar refractivity (Wildman–Crippen MR) is 107 cm³/mol. The van der Waals surface area contributed by atoms with Crippen LogP contribution < -0.4 is 10.6 Å². The molecule has 7 heteroatoms. The Bertz CT molecular complexity index is 724. The van der Waals surface area contributed by atoms with Gasteiger partial charge in [-0.05, 0) is 37.6 Å². The average molecular weight is 386 g/mol. The summed E-state index contributed by atoms with van der Waals surface area (Å²) in [6.45, 7) is 0.835. The number of hydrogen-bond acceptors (Lipinski definition) is 4. The molecule has 1 spiro atoms. The molecule has 1 saturated heterocycles. The second-order valence-electron chi connectivity index (χ2n) is 7.94. The first kappa shape index (κ1) is 20.3. The van der Waals surface area contributed by atoms with E-state index in [1.807, 2.05) is 24.1 Å². The highest BCUT2D eigenvalue weighted by molar-refractivity contribution is 6.07. The molecular formula is C21H30N4O3. The molecule has 0 radical (unpaired) electrons. The van der Waals surface area contributed by atoms with Crippen molar-refractivity contribution >= 4 is 17.8 Å². The molecule has 7 nitrogen and oxygen atoms in total. The highest BCUT2D eigenvalue weighted by atomic mass is 16.2. The van der Waals surface area contributed by atoms with Crippen LogP contribution >= 0.6 is 0 Å². The van der Waals surface area contributed by atoms with Crippen molar-refractivity contribution in [3.8, 4) is 0 Å². The lowest BCUT2D eigenvalue weighted by atomic mass is 9.84. The Hall–Kier alpha value is -2.41. The maximum atomic E-state index is 13.1. The topological polar surface area (TPSA) is 81.8 Å². The molecule has 0 unspecified atom stereocenters. The standard InChI is InChI=1S/C21H30N4O3/c1-22-18(26)17-10-8-16(9-11-17)14-24(2)15-25-19(27)21(23-20(25)28)12-6-4-3-5-7-13-21/h8-11H,3-7,12-15H2,1-2H3,(H,22,26)(H,23,28). The van der Waals surface area contributed by atoms with Crippen molar-refractivity contribution in [2.24, 2.45) is 0 Å². The van der Waals surface area contributed by atoms with Gasteiger partial charge in [-0.3, -0.25) is 14.5 Å². The first-order valence-corrected chi connectivity index (χ1v) is 10.1. The third kappa shape index (κ3) is 4.35. The van der Waals surface area contributed by atoms with E-state index in [9.17, 15) is 14.4 Å². The number of carbonyl (C=O) groups excluding carboxylic acids is 3. The molecule has 2 fully saturated rings. The lowest BCUT2D eigenvalue weighted by Gasteiger charge is -2.29. The number of carbonyl (C=O) groups is 3. The maximum Gasteiger partial charge on any atom is 0.326 e. The Morgan fingerprint density at radius 2 is 1.71 bits per heavy atom. The summed E-state index contributed by atoms with van der Waals surface area (Å²) in [4.78, 5) is 40.5. The summed E-state index contributed by atoms with van der Waals surface area (Å²) >= 11 is 0. The molecule has 152 valence electrons. The molecular weight excluding hydrogens is 356 g/mol. The molecule has 1 saturated carbocycles. The predicted octanol–water partition coefficient (Wildman–Crippen LogP) is 2.47. The van der Waals surface area contributed by atoms with Gasteiger partial charge in [0.1, 0.15) is 5.54 Å². The van der Waals surface area contributed by atoms with E-state index in [1.165, 1.54) is 11.3 Å². The van der Waals surface area contributed by atoms with Crippen LogP contribution in [0.3, 0.4) is 0 Å². The van der Waals surface area contributed by atoms with Gasteiger partial charge in [-0.25, -0.2) is 9.69 Å². The molecule has 0 aromatic heterocycles. The molecule has 4 amide bonds. The Morgan fingerprint density at radius 1 is 1.11 bits per heavy atom. The van der Waals surface area contributed by atoms with Gasteiger partial charge in [0.2, 0.25) is 0 Å². The zero-order chi connectivity index (χ0) is 20.1. The minimum absolute atomic E-state index is 0.0822. The van der Waals surface area contributed by atoms with E-state index >= 15 is 0 Å². The first-order chi connectivity index (χ1) is 13.4. The van der Waals surface area contributed by atoms with Crippen LogP contribution in [0.2, 0.25) is 0 Å². The van der Waals surface area contributed by atoms with E-state index in [4.69, 9.17) is 0 Å². The number of nitrogens with zero attached hydrogens (tertiary/aromatic N) is 2. The van der Waals surface area contributed by atoms with Gasteiger partial charge in [0, 0.05) is 19.2 Å². The van der Waals surface area contributed by atoms with Crippen molar-refractivity contribution in [2.75, 3.05) is 20.8 Å². The minimum atomic E-state index is -0.701. The van der Waals surface area contributed by atoms with E-state index in [2.05, 4.69) is 10.6 Å². The van der Waals surface area contributed by atoms with Gasteiger partial charge in [0.15, 0.2) is 0 Å². The van der Waals surface area contributed by atoms with Crippen LogP contribution in [0.25, 0.3) is 0 Å². The molecule has 3 rings (SSSR count). The number of urea groups is 1. The molecule has 1 aliphatic heterocycles. The van der Waals surface area contributed by atoms with E-state index in [0.29, 0.717) is 12.1 Å². The lowest BCUT2D eigenvalue weighted by molar-refractivity contribution is -0.133. The number of hydrogen-bond donors (Lipinski definition) is 2. The largest absolute Gasteiger partial charge is 0.355 e. The molecule has 1 heterocycles. The van der Waals surface area contributed by atoms with Crippen LogP contribution in [-0.4, -0.2) is 53.9 Å². The van der Waals surface area contributed by atoms with Crippen LogP contribution in [0.15, 0.2) is 24.3 Å². The van der Waals surface area contributed by atoms with Crippen molar-refractivity contribution in [3.63, 3.8) is 0 Å². The summed E-state index contributed by atoms with van der Waals surface area (Å²) in [6, 6.07) is 7.05. The molecule has 0 atom stereocenters. The van der Waals surface area contributed by atoms with Crippen LogP contribution in [0.1, 0.15) is 60.9 Å². The lowest BCUT2D eigenvalue weighted by Crippen LogP contribution is -2.48. The van der Waals surface area contributed by atoms with Gasteiger partial charge in [0.25, 0.3) is 11.8 Å². The van der Waals surface area contributed by atoms with Gasteiger partial charge >= 0.3 is 6.03 Å². The summed E-state index contributed by atoms with van der Waals surface area (Å²) in [6.07, 6.45) is 6.88. The third-order valence-corrected chi connectivity index (χ3v) is 5.73. The number of amides is 4. The first-order valence-electron chi connectivity index (χ1n) is 10.1. The average Bonchev–Trinajstić information content (AvgIpc) is 2.89. The molecule has 0 bridgehead atoms. The van der Waals surface area contributed by atoms with E-state index in [-0.39, 0.29) is 24.5 Å². The van der Waals surface area contributed by atoms with Crippen LogP contribution in [0.4, 0.5) is 4.79 Å². The normalized spacial score (nSPS) is 19.5. The molecule has 1 aliphatic carbocycles. The fourth-order valence-electron chi connectivity index (χ4n) is 4.16. The summed E-state index contributed by atoms with van der Waals surface area (Å²) in [5.41, 5.74) is 0.921. The van der Waals surface area contributed by atoms with Crippen LogP contribution in [0, 0.1) is 0 Å². The number of benzene rings is 1. The third-order valence-electron chi connectivity index (χ3n) is 5.73. The molecule has 2 N–H and O–H groups in total. The monoisotopic (exact) mass is 386 g/mol. The Kier molecular flexibility index (Phi) is 6.34. The zero-order valence-electron chi connectivity index (χ0n) is 16.8. The second-order valence-corrected chi connectivity index (χ2v) is 7.94. The van der Waals surface area contributed by atoms with Gasteiger partial charge < -0.3 is 10.6 Å². The van der Waals surface area contributed by atoms with E-state index < -0.39 is 5.54 Å². The number of nitrogens with one attached hydrogen (secondary N) is 2. The fourth-order valence-corrected chi connectivity index (χ4v) is 4.16. The zero-order valence-corrected chi connectivity index (χ0v) is 16.8. The smallest absolute Gasteiger partial charge is 0.326 e. The number of rotatable bonds is 5. The van der Waals surface area contributed by atoms with Gasteiger partial charge in [-0.1, -0.05) is 44.2 Å². The minimum Gasteiger partial charge on any atom is -0.355 e. The van der Waals surface area contributed by atoms with Crippen LogP contribution in [-0.2, 0) is 11.3 Å². The van der Waals surface area contributed by atoms with Crippen molar-refractivity contribution < 1.29 is 14.4 Å². The number of imide groups is 1. The molecule has 28 heavy (non-hydrogen) atoms. The molecule has 1 aromatic rings. The quantitative estimate of drug-likeness (QED) is 0.762. The molecule has 1 aromatic carbocycles. The molecule has 2 aliphatic rings. The van der Waals surface area contributed by atoms with Gasteiger partial charge in [-0.15, -0.1) is 0 Å². The van der Waals surface area contributed by atoms with Gasteiger partial charge in [0.05, 0.1) is 6.67 Å². The second kappa shape index (κ2) is 8.73. The van der Waals surface area contributed by atoms with Crippen molar-refractivity contribution in [1.29, 1.82) is 0 Å². The Labute approximate surface area is 166 Å². The summed E-state index contributed by atoms with van der Waals surface area (Å²) < 4.78 is 0. The SMILES string of the molecule is CNC(=O)c1ccc(CN(C)CN2C(=O)NC3(CCCCCCC3)C2=O)cc1. The maximum absolute atomic E-state index is 13.1. The van der Waals surface area contributed by atoms with Crippen molar-refractivity contribution in [1.82, 2.24) is 20.4 Å². The summed E-state index contributed by atoms with van der Waals surface area (Å²) in [5.74, 6) is -0.204. The van der Waals surface area contributed by atoms with Crippen molar-refractivity contribution in [3.05, 3.63) is 35.4 Å². The van der Waals surface area contributed by atoms with Crippen molar-refractivity contribution in [2.45, 2.75) is 57.0 Å². The Balaban J connectivity index is 1.61. The highest BCUT2D eigenvalue weighted by Gasteiger charge is 2.50.